The van der Waals surface area contributed by atoms with E-state index < -0.39 is 5.82 Å². The molecule has 0 aliphatic rings. The molecule has 0 unspecified atom stereocenters. The van der Waals surface area contributed by atoms with E-state index in [2.05, 4.69) is 4.98 Å². The molecule has 1 N–H and O–H groups in total. The van der Waals surface area contributed by atoms with Gasteiger partial charge in [-0.2, -0.15) is 4.73 Å². The number of halogens is 1. The lowest BCUT2D eigenvalue weighted by molar-refractivity contribution is 0.198. The third-order valence-corrected chi connectivity index (χ3v) is 1.50. The van der Waals surface area contributed by atoms with Crippen molar-refractivity contribution in [3.05, 3.63) is 30.3 Å². The van der Waals surface area contributed by atoms with Gasteiger partial charge in [0.1, 0.15) is 11.0 Å². The zero-order valence-electron chi connectivity index (χ0n) is 5.53. The van der Waals surface area contributed by atoms with Crippen LogP contribution in [-0.2, 0) is 0 Å². The summed E-state index contributed by atoms with van der Waals surface area (Å²) in [5.74, 6) is -0.511. The van der Waals surface area contributed by atoms with Crippen LogP contribution in [0.25, 0.3) is 11.0 Å². The summed E-state index contributed by atoms with van der Waals surface area (Å²) in [6.45, 7) is 0. The van der Waals surface area contributed by atoms with Crippen molar-refractivity contribution in [1.29, 1.82) is 0 Å². The first-order chi connectivity index (χ1) is 5.29. The minimum atomic E-state index is -0.511. The van der Waals surface area contributed by atoms with Gasteiger partial charge >= 0.3 is 0 Å². The van der Waals surface area contributed by atoms with Crippen molar-refractivity contribution in [3.63, 3.8) is 0 Å². The molecule has 0 aromatic carbocycles. The van der Waals surface area contributed by atoms with Crippen LogP contribution in [0.2, 0.25) is 0 Å². The van der Waals surface area contributed by atoms with Crippen LogP contribution in [0, 0.1) is 5.82 Å². The lowest BCUT2D eigenvalue weighted by atomic mass is 10.4. The highest BCUT2D eigenvalue weighted by Gasteiger charge is 2.06. The lowest BCUT2D eigenvalue weighted by Gasteiger charge is -1.90. The summed E-state index contributed by atoms with van der Waals surface area (Å²) in [7, 11) is 0. The molecule has 0 amide bonds. The van der Waals surface area contributed by atoms with Crippen LogP contribution in [0.15, 0.2) is 24.5 Å². The maximum atomic E-state index is 12.8. The standard InChI is InChI=1S/C7H5FN2O/c8-5-4-10(11)6-2-1-3-9-7(5)6/h1-4,11H. The second-order valence-electron chi connectivity index (χ2n) is 2.19. The van der Waals surface area contributed by atoms with Gasteiger partial charge in [0.05, 0.1) is 6.20 Å². The molecule has 2 aromatic rings. The van der Waals surface area contributed by atoms with Crippen molar-refractivity contribution in [2.45, 2.75) is 0 Å². The highest BCUT2D eigenvalue weighted by Crippen LogP contribution is 2.14. The monoisotopic (exact) mass is 152 g/mol. The van der Waals surface area contributed by atoms with Crippen LogP contribution >= 0.6 is 0 Å². The fraction of sp³-hybridized carbons (Fsp3) is 0. The van der Waals surface area contributed by atoms with Crippen LogP contribution in [0.4, 0.5) is 4.39 Å². The smallest absolute Gasteiger partial charge is 0.170 e. The van der Waals surface area contributed by atoms with Gasteiger partial charge in [-0.3, -0.25) is 4.98 Å². The Kier molecular flexibility index (Phi) is 1.09. The third-order valence-electron chi connectivity index (χ3n) is 1.50. The van der Waals surface area contributed by atoms with Gasteiger partial charge in [-0.05, 0) is 12.1 Å². The van der Waals surface area contributed by atoms with Gasteiger partial charge < -0.3 is 5.21 Å². The van der Waals surface area contributed by atoms with Crippen LogP contribution in [-0.4, -0.2) is 14.9 Å². The molecule has 11 heavy (non-hydrogen) atoms. The third kappa shape index (κ3) is 0.756. The van der Waals surface area contributed by atoms with Crippen molar-refractivity contribution in [1.82, 2.24) is 9.71 Å². The molecular formula is C7H5FN2O. The molecule has 0 atom stereocenters. The maximum absolute atomic E-state index is 12.8. The van der Waals surface area contributed by atoms with Crippen LogP contribution in [0.5, 0.6) is 0 Å². The Bertz CT molecular complexity index is 360. The molecule has 0 saturated carbocycles. The number of nitrogens with zero attached hydrogens (tertiary/aromatic N) is 2. The molecule has 56 valence electrons. The Morgan fingerprint density at radius 3 is 3.09 bits per heavy atom. The summed E-state index contributed by atoms with van der Waals surface area (Å²) < 4.78 is 13.5. The fourth-order valence-corrected chi connectivity index (χ4v) is 1.00. The quantitative estimate of drug-likeness (QED) is 0.579. The number of hydrogen-bond donors (Lipinski definition) is 1. The first kappa shape index (κ1) is 6.15. The topological polar surface area (TPSA) is 38.0 Å². The zero-order chi connectivity index (χ0) is 7.84. The van der Waals surface area contributed by atoms with Gasteiger partial charge in [-0.15, -0.1) is 0 Å². The van der Waals surface area contributed by atoms with Gasteiger partial charge in [0.2, 0.25) is 0 Å². The predicted octanol–water partition coefficient (Wildman–Crippen LogP) is 1.41. The number of rotatable bonds is 0. The lowest BCUT2D eigenvalue weighted by Crippen LogP contribution is -1.85. The number of fused-ring (bicyclic) bond motifs is 1. The predicted molar refractivity (Wildman–Crippen MR) is 36.9 cm³/mol. The molecule has 0 saturated heterocycles. The molecule has 0 bridgehead atoms. The Morgan fingerprint density at radius 1 is 1.55 bits per heavy atom. The van der Waals surface area contributed by atoms with Crippen LogP contribution < -0.4 is 0 Å². The molecule has 0 radical (unpaired) electrons. The van der Waals surface area contributed by atoms with Gasteiger partial charge in [-0.1, -0.05) is 0 Å². The summed E-state index contributed by atoms with van der Waals surface area (Å²) >= 11 is 0. The van der Waals surface area contributed by atoms with Crippen molar-refractivity contribution >= 4 is 11.0 Å². The highest BCUT2D eigenvalue weighted by atomic mass is 19.1. The van der Waals surface area contributed by atoms with Crippen molar-refractivity contribution < 1.29 is 9.60 Å². The van der Waals surface area contributed by atoms with E-state index in [0.29, 0.717) is 5.52 Å². The van der Waals surface area contributed by atoms with E-state index in [4.69, 9.17) is 5.21 Å². The first-order valence-corrected chi connectivity index (χ1v) is 3.10. The number of pyridine rings is 1. The van der Waals surface area contributed by atoms with E-state index in [1.165, 1.54) is 6.20 Å². The molecule has 2 aromatic heterocycles. The maximum Gasteiger partial charge on any atom is 0.170 e. The minimum absolute atomic E-state index is 0.190. The highest BCUT2D eigenvalue weighted by molar-refractivity contribution is 5.75. The largest absolute Gasteiger partial charge is 0.428 e. The molecule has 0 aliphatic heterocycles. The normalized spacial score (nSPS) is 10.6. The van der Waals surface area contributed by atoms with E-state index in [1.54, 1.807) is 12.1 Å². The molecule has 2 heterocycles. The Morgan fingerprint density at radius 2 is 2.36 bits per heavy atom. The Balaban J connectivity index is 2.95. The molecule has 2 rings (SSSR count). The van der Waals surface area contributed by atoms with E-state index >= 15 is 0 Å². The fourth-order valence-electron chi connectivity index (χ4n) is 1.00. The van der Waals surface area contributed by atoms with Crippen molar-refractivity contribution in [2.24, 2.45) is 0 Å². The van der Waals surface area contributed by atoms with Gasteiger partial charge in [0, 0.05) is 6.20 Å². The van der Waals surface area contributed by atoms with Crippen molar-refractivity contribution in [2.75, 3.05) is 0 Å². The molecule has 0 fully saturated rings. The summed E-state index contributed by atoms with van der Waals surface area (Å²) in [4.78, 5) is 3.75. The molecule has 0 aliphatic carbocycles. The van der Waals surface area contributed by atoms with E-state index in [1.807, 2.05) is 0 Å². The van der Waals surface area contributed by atoms with E-state index in [-0.39, 0.29) is 5.52 Å². The Hall–Kier alpha value is -1.58. The minimum Gasteiger partial charge on any atom is -0.428 e. The number of aromatic nitrogens is 2. The Labute approximate surface area is 61.7 Å². The summed E-state index contributed by atoms with van der Waals surface area (Å²) in [6.07, 6.45) is 2.46. The summed E-state index contributed by atoms with van der Waals surface area (Å²) in [5.41, 5.74) is 0.569. The molecular weight excluding hydrogens is 147 g/mol. The average Bonchev–Trinajstić information content (AvgIpc) is 2.30. The second-order valence-corrected chi connectivity index (χ2v) is 2.19. The van der Waals surface area contributed by atoms with E-state index in [0.717, 1.165) is 10.9 Å². The summed E-state index contributed by atoms with van der Waals surface area (Å²) in [6, 6.07) is 3.22. The van der Waals surface area contributed by atoms with Gasteiger partial charge in [0.25, 0.3) is 0 Å². The SMILES string of the molecule is On1cc(F)c2ncccc21. The van der Waals surface area contributed by atoms with E-state index in [9.17, 15) is 4.39 Å². The van der Waals surface area contributed by atoms with Crippen LogP contribution in [0.3, 0.4) is 0 Å². The number of hydrogen-bond acceptors (Lipinski definition) is 2. The second kappa shape index (κ2) is 1.95. The molecule has 4 heteroatoms. The van der Waals surface area contributed by atoms with Gasteiger partial charge in [-0.25, -0.2) is 4.39 Å². The van der Waals surface area contributed by atoms with Crippen molar-refractivity contribution in [3.8, 4) is 0 Å². The van der Waals surface area contributed by atoms with Gasteiger partial charge in [0.15, 0.2) is 5.82 Å². The zero-order valence-corrected chi connectivity index (χ0v) is 5.53. The molecule has 0 spiro atoms. The molecule has 3 nitrogen and oxygen atoms in total. The van der Waals surface area contributed by atoms with Crippen LogP contribution in [0.1, 0.15) is 0 Å². The average molecular weight is 152 g/mol. The summed E-state index contributed by atoms with van der Waals surface area (Å²) in [5, 5.41) is 9.03. The first-order valence-electron chi connectivity index (χ1n) is 3.10.